The first-order chi connectivity index (χ1) is 11.7. The second-order valence-electron chi connectivity index (χ2n) is 5.75. The third kappa shape index (κ3) is 5.28. The van der Waals surface area contributed by atoms with Gasteiger partial charge in [-0.15, -0.1) is 0 Å². The lowest BCUT2D eigenvalue weighted by Crippen LogP contribution is -2.40. The van der Waals surface area contributed by atoms with Crippen molar-refractivity contribution in [2.45, 2.75) is 32.6 Å². The summed E-state index contributed by atoms with van der Waals surface area (Å²) in [7, 11) is 0. The number of nitrogens with zero attached hydrogens (tertiary/aromatic N) is 2. The Morgan fingerprint density at radius 2 is 2.00 bits per heavy atom. The number of carbonyl (C=O) groups is 1. The molecule has 6 nitrogen and oxygen atoms in total. The lowest BCUT2D eigenvalue weighted by Gasteiger charge is -2.26. The number of H-pyrrole nitrogens is 1. The molecule has 0 aliphatic rings. The fraction of sp³-hybridized carbons (Fsp3) is 0.438. The highest BCUT2D eigenvalue weighted by atomic mass is 19.4. The average molecular weight is 357 g/mol. The van der Waals surface area contributed by atoms with E-state index >= 15 is 0 Å². The number of ether oxygens (including phenoxy) is 1. The molecule has 2 rings (SSSR count). The van der Waals surface area contributed by atoms with E-state index in [1.807, 2.05) is 0 Å². The molecule has 0 spiro atoms. The van der Waals surface area contributed by atoms with Gasteiger partial charge in [-0.1, -0.05) is 12.1 Å². The number of benzene rings is 1. The molecule has 0 fully saturated rings. The summed E-state index contributed by atoms with van der Waals surface area (Å²) in [6, 6.07) is 6.43. The lowest BCUT2D eigenvalue weighted by molar-refractivity contribution is -0.178. The largest absolute Gasteiger partial charge is 0.411 e. The number of aromatic nitrogens is 2. The van der Waals surface area contributed by atoms with E-state index in [1.165, 1.54) is 4.90 Å². The van der Waals surface area contributed by atoms with E-state index in [-0.39, 0.29) is 24.0 Å². The third-order valence-corrected chi connectivity index (χ3v) is 3.42. The normalized spacial score (nSPS) is 11.9. The van der Waals surface area contributed by atoms with Gasteiger partial charge < -0.3 is 14.6 Å². The van der Waals surface area contributed by atoms with E-state index < -0.39 is 25.3 Å². The van der Waals surface area contributed by atoms with Crippen LogP contribution in [0.25, 0.3) is 10.9 Å². The van der Waals surface area contributed by atoms with Gasteiger partial charge in [0.25, 0.3) is 5.56 Å². The highest BCUT2D eigenvalue weighted by Crippen LogP contribution is 2.15. The van der Waals surface area contributed by atoms with Crippen molar-refractivity contribution in [3.8, 4) is 0 Å². The molecule has 0 aliphatic heterocycles. The van der Waals surface area contributed by atoms with Crippen molar-refractivity contribution >= 4 is 16.8 Å². The van der Waals surface area contributed by atoms with Crippen LogP contribution in [-0.4, -0.2) is 46.2 Å². The molecule has 1 heterocycles. The molecule has 1 aromatic carbocycles. The van der Waals surface area contributed by atoms with Crippen molar-refractivity contribution in [3.63, 3.8) is 0 Å². The predicted octanol–water partition coefficient (Wildman–Crippen LogP) is 2.24. The molecule has 1 N–H and O–H groups in total. The molecule has 0 bridgehead atoms. The molecule has 136 valence electrons. The van der Waals surface area contributed by atoms with Gasteiger partial charge in [-0.3, -0.25) is 9.59 Å². The number of alkyl halides is 3. The number of carbonyl (C=O) groups excluding carboxylic acids is 1. The van der Waals surface area contributed by atoms with Gasteiger partial charge in [-0.2, -0.15) is 13.2 Å². The van der Waals surface area contributed by atoms with E-state index in [1.54, 1.807) is 38.1 Å². The second-order valence-corrected chi connectivity index (χ2v) is 5.75. The van der Waals surface area contributed by atoms with E-state index in [0.717, 1.165) is 0 Å². The number of rotatable bonds is 6. The van der Waals surface area contributed by atoms with Crippen LogP contribution in [0, 0.1) is 0 Å². The minimum Gasteiger partial charge on any atom is -0.362 e. The minimum atomic E-state index is -4.49. The van der Waals surface area contributed by atoms with Crippen LogP contribution in [0.3, 0.4) is 0 Å². The first-order valence-corrected chi connectivity index (χ1v) is 7.59. The Kier molecular flexibility index (Phi) is 5.78. The first-order valence-electron chi connectivity index (χ1n) is 7.59. The summed E-state index contributed by atoms with van der Waals surface area (Å²) in [5.41, 5.74) is 0.135. The summed E-state index contributed by atoms with van der Waals surface area (Å²) < 4.78 is 40.7. The van der Waals surface area contributed by atoms with Crippen LogP contribution in [0.4, 0.5) is 13.2 Å². The van der Waals surface area contributed by atoms with E-state index in [9.17, 15) is 22.8 Å². The van der Waals surface area contributed by atoms with Crippen molar-refractivity contribution in [1.82, 2.24) is 14.9 Å². The summed E-state index contributed by atoms with van der Waals surface area (Å²) in [4.78, 5) is 32.4. The molecule has 0 saturated carbocycles. The van der Waals surface area contributed by atoms with E-state index in [2.05, 4.69) is 14.7 Å². The van der Waals surface area contributed by atoms with Gasteiger partial charge in [-0.05, 0) is 26.0 Å². The molecule has 1 aromatic heterocycles. The van der Waals surface area contributed by atoms with Crippen LogP contribution in [0.2, 0.25) is 0 Å². The number of amides is 1. The Morgan fingerprint density at radius 1 is 1.32 bits per heavy atom. The summed E-state index contributed by atoms with van der Waals surface area (Å²) in [5.74, 6) is -0.364. The van der Waals surface area contributed by atoms with Crippen molar-refractivity contribution in [1.29, 1.82) is 0 Å². The molecule has 9 heteroatoms. The molecule has 1 amide bonds. The number of aromatic amines is 1. The van der Waals surface area contributed by atoms with E-state index in [4.69, 9.17) is 0 Å². The quantitative estimate of drug-likeness (QED) is 0.860. The molecule has 0 saturated heterocycles. The number of hydrogen-bond donors (Lipinski definition) is 1. The molecule has 0 unspecified atom stereocenters. The topological polar surface area (TPSA) is 75.3 Å². The zero-order valence-electron chi connectivity index (χ0n) is 13.8. The molecular formula is C16H18F3N3O3. The van der Waals surface area contributed by atoms with Crippen LogP contribution in [0.5, 0.6) is 0 Å². The Morgan fingerprint density at radius 3 is 2.64 bits per heavy atom. The fourth-order valence-electron chi connectivity index (χ4n) is 2.27. The van der Waals surface area contributed by atoms with Crippen molar-refractivity contribution in [2.75, 3.05) is 13.2 Å². The Balaban J connectivity index is 2.13. The fourth-order valence-corrected chi connectivity index (χ4v) is 2.27. The Hall–Kier alpha value is -2.42. The maximum absolute atomic E-state index is 12.1. The van der Waals surface area contributed by atoms with Crippen LogP contribution in [-0.2, 0) is 16.1 Å². The molecule has 2 aromatic rings. The SMILES string of the molecule is CC(C)N(Cc1nc2ccccc2c(=O)[nH]1)C(=O)COCC(F)(F)F. The monoisotopic (exact) mass is 357 g/mol. The van der Waals surface area contributed by atoms with Crippen LogP contribution in [0.1, 0.15) is 19.7 Å². The van der Waals surface area contributed by atoms with Gasteiger partial charge in [0.15, 0.2) is 0 Å². The summed E-state index contributed by atoms with van der Waals surface area (Å²) in [6.45, 7) is 1.19. The number of hydrogen-bond acceptors (Lipinski definition) is 4. The number of fused-ring (bicyclic) bond motifs is 1. The van der Waals surface area contributed by atoms with Crippen molar-refractivity contribution in [2.24, 2.45) is 0 Å². The number of halogens is 3. The maximum atomic E-state index is 12.1. The molecule has 0 radical (unpaired) electrons. The highest BCUT2D eigenvalue weighted by Gasteiger charge is 2.28. The Bertz CT molecular complexity index is 802. The zero-order valence-corrected chi connectivity index (χ0v) is 13.8. The molecule has 25 heavy (non-hydrogen) atoms. The van der Waals surface area contributed by atoms with Crippen molar-refractivity contribution in [3.05, 3.63) is 40.4 Å². The highest BCUT2D eigenvalue weighted by molar-refractivity contribution is 5.78. The molecule has 0 aliphatic carbocycles. The van der Waals surface area contributed by atoms with Crippen molar-refractivity contribution < 1.29 is 22.7 Å². The smallest absolute Gasteiger partial charge is 0.362 e. The van der Waals surface area contributed by atoms with Gasteiger partial charge in [0.2, 0.25) is 5.91 Å². The van der Waals surface area contributed by atoms with Gasteiger partial charge in [-0.25, -0.2) is 4.98 Å². The molecule has 0 atom stereocenters. The van der Waals surface area contributed by atoms with Gasteiger partial charge in [0.05, 0.1) is 17.4 Å². The van der Waals surface area contributed by atoms with Gasteiger partial charge in [0.1, 0.15) is 19.0 Å². The summed E-state index contributed by atoms with van der Waals surface area (Å²) in [6.07, 6.45) is -4.49. The summed E-state index contributed by atoms with van der Waals surface area (Å²) >= 11 is 0. The van der Waals surface area contributed by atoms with Crippen LogP contribution in [0.15, 0.2) is 29.1 Å². The average Bonchev–Trinajstić information content (AvgIpc) is 2.51. The standard InChI is InChI=1S/C16H18F3N3O3/c1-10(2)22(14(23)8-25-9-16(17,18)19)7-13-20-12-6-4-3-5-11(12)15(24)21-13/h3-6,10H,7-9H2,1-2H3,(H,20,21,24). The first kappa shape index (κ1) is 18.9. The van der Waals surface area contributed by atoms with Crippen LogP contribution >= 0.6 is 0 Å². The predicted molar refractivity (Wildman–Crippen MR) is 84.9 cm³/mol. The van der Waals surface area contributed by atoms with Crippen LogP contribution < -0.4 is 5.56 Å². The summed E-state index contributed by atoms with van der Waals surface area (Å²) in [5, 5.41) is 0.419. The molecular weight excluding hydrogens is 339 g/mol. The number of para-hydroxylation sites is 1. The lowest BCUT2D eigenvalue weighted by atomic mass is 10.2. The Labute approximate surface area is 141 Å². The number of nitrogens with one attached hydrogen (secondary N) is 1. The third-order valence-electron chi connectivity index (χ3n) is 3.42. The maximum Gasteiger partial charge on any atom is 0.411 e. The second kappa shape index (κ2) is 7.64. The van der Waals surface area contributed by atoms with Gasteiger partial charge >= 0.3 is 6.18 Å². The minimum absolute atomic E-state index is 0.0358. The van der Waals surface area contributed by atoms with Gasteiger partial charge in [0, 0.05) is 6.04 Å². The van der Waals surface area contributed by atoms with E-state index in [0.29, 0.717) is 10.9 Å². The zero-order chi connectivity index (χ0) is 18.6.